The van der Waals surface area contributed by atoms with Gasteiger partial charge in [0, 0.05) is 0 Å². The van der Waals surface area contributed by atoms with Gasteiger partial charge in [-0.05, 0) is 12.1 Å². The number of nitrogen functional groups attached to an aromatic ring is 1. The molecule has 0 radical (unpaired) electrons. The van der Waals surface area contributed by atoms with E-state index < -0.39 is 0 Å². The number of furan rings is 1. The molecule has 2 aromatic heterocycles. The van der Waals surface area contributed by atoms with Crippen molar-refractivity contribution in [3.8, 4) is 16.3 Å². The number of thiazole rings is 1. The molecule has 0 aliphatic carbocycles. The predicted octanol–water partition coefficient (Wildman–Crippen LogP) is 2.84. The van der Waals surface area contributed by atoms with Crippen molar-refractivity contribution in [1.29, 1.82) is 0 Å². The fraction of sp³-hybridized carbons (Fsp3) is 0. The molecule has 3 N–H and O–H groups in total. The number of anilines is 1. The Kier molecular flexibility index (Phi) is 1.87. The fourth-order valence-corrected chi connectivity index (χ4v) is 2.58. The summed E-state index contributed by atoms with van der Waals surface area (Å²) >= 11 is 1.47. The quantitative estimate of drug-likeness (QED) is 0.676. The number of benzene rings is 1. The van der Waals surface area contributed by atoms with Crippen molar-refractivity contribution in [1.82, 2.24) is 4.98 Å². The largest absolute Gasteiger partial charge is 0.504 e. The highest BCUT2D eigenvalue weighted by Crippen LogP contribution is 2.39. The predicted molar refractivity (Wildman–Crippen MR) is 63.4 cm³/mol. The van der Waals surface area contributed by atoms with Crippen LogP contribution in [0.4, 0.5) is 5.88 Å². The zero-order valence-electron chi connectivity index (χ0n) is 8.18. The van der Waals surface area contributed by atoms with Crippen LogP contribution in [-0.2, 0) is 0 Å². The summed E-state index contributed by atoms with van der Waals surface area (Å²) in [7, 11) is 0. The second-order valence-electron chi connectivity index (χ2n) is 3.35. The van der Waals surface area contributed by atoms with E-state index in [1.807, 2.05) is 24.3 Å². The van der Waals surface area contributed by atoms with Crippen molar-refractivity contribution in [3.63, 3.8) is 0 Å². The van der Waals surface area contributed by atoms with Gasteiger partial charge >= 0.3 is 0 Å². The van der Waals surface area contributed by atoms with Gasteiger partial charge in [-0.15, -0.1) is 11.3 Å². The van der Waals surface area contributed by atoms with Crippen LogP contribution in [0.3, 0.4) is 0 Å². The molecule has 0 atom stereocenters. The molecule has 80 valence electrons. The lowest BCUT2D eigenvalue weighted by molar-refractivity contribution is 0.461. The molecule has 2 heterocycles. The van der Waals surface area contributed by atoms with Crippen molar-refractivity contribution in [3.05, 3.63) is 30.5 Å². The van der Waals surface area contributed by atoms with E-state index in [4.69, 9.17) is 10.2 Å². The van der Waals surface area contributed by atoms with E-state index in [1.165, 1.54) is 17.6 Å². The van der Waals surface area contributed by atoms with E-state index in [1.54, 1.807) is 0 Å². The van der Waals surface area contributed by atoms with Gasteiger partial charge in [-0.2, -0.15) is 0 Å². The first-order chi connectivity index (χ1) is 7.75. The lowest BCUT2D eigenvalue weighted by Crippen LogP contribution is -1.83. The second kappa shape index (κ2) is 3.24. The standard InChI is InChI=1S/C11H8N2O2S/c12-10-9(7(14)5-15-10)11-13-6-3-1-2-4-8(6)16-11/h1-5,14H,12H2. The number of nitrogens with two attached hydrogens (primary N) is 1. The minimum absolute atomic E-state index is 0.0246. The van der Waals surface area contributed by atoms with Gasteiger partial charge in [-0.1, -0.05) is 12.1 Å². The molecule has 0 spiro atoms. The third kappa shape index (κ3) is 1.25. The lowest BCUT2D eigenvalue weighted by atomic mass is 10.3. The molecule has 3 aromatic rings. The van der Waals surface area contributed by atoms with Gasteiger partial charge in [0.05, 0.1) is 10.2 Å². The second-order valence-corrected chi connectivity index (χ2v) is 4.38. The van der Waals surface area contributed by atoms with Crippen LogP contribution in [0.2, 0.25) is 0 Å². The normalized spacial score (nSPS) is 11.0. The van der Waals surface area contributed by atoms with E-state index in [2.05, 4.69) is 4.98 Å². The van der Waals surface area contributed by atoms with Crippen LogP contribution >= 0.6 is 11.3 Å². The number of hydrogen-bond acceptors (Lipinski definition) is 5. The molecule has 0 fully saturated rings. The number of nitrogens with zero attached hydrogens (tertiary/aromatic N) is 1. The Morgan fingerprint density at radius 1 is 1.31 bits per heavy atom. The van der Waals surface area contributed by atoms with Gasteiger partial charge in [0.1, 0.15) is 16.8 Å². The summed E-state index contributed by atoms with van der Waals surface area (Å²) in [5.74, 6) is 0.216. The molecule has 3 rings (SSSR count). The number of rotatable bonds is 1. The van der Waals surface area contributed by atoms with Gasteiger partial charge in [0.25, 0.3) is 0 Å². The van der Waals surface area contributed by atoms with Gasteiger partial charge in [0.15, 0.2) is 5.75 Å². The van der Waals surface area contributed by atoms with Crippen LogP contribution in [0.5, 0.6) is 5.75 Å². The Balaban J connectivity index is 2.27. The first-order valence-electron chi connectivity index (χ1n) is 4.67. The number of hydrogen-bond donors (Lipinski definition) is 2. The lowest BCUT2D eigenvalue weighted by Gasteiger charge is -1.92. The summed E-state index contributed by atoms with van der Waals surface area (Å²) in [6, 6.07) is 7.76. The van der Waals surface area contributed by atoms with Crippen LogP contribution in [0.1, 0.15) is 0 Å². The summed E-state index contributed by atoms with van der Waals surface area (Å²) in [6.07, 6.45) is 1.22. The molecule has 0 saturated heterocycles. The smallest absolute Gasteiger partial charge is 0.204 e. The van der Waals surface area contributed by atoms with E-state index in [-0.39, 0.29) is 11.6 Å². The molecule has 5 heteroatoms. The maximum atomic E-state index is 9.60. The van der Waals surface area contributed by atoms with Gasteiger partial charge in [0.2, 0.25) is 5.88 Å². The van der Waals surface area contributed by atoms with Crippen molar-refractivity contribution in [2.45, 2.75) is 0 Å². The Labute approximate surface area is 95.0 Å². The van der Waals surface area contributed by atoms with Crippen molar-refractivity contribution in [2.75, 3.05) is 5.73 Å². The van der Waals surface area contributed by atoms with Gasteiger partial charge < -0.3 is 15.3 Å². The average molecular weight is 232 g/mol. The Hall–Kier alpha value is -2.01. The SMILES string of the molecule is Nc1occ(O)c1-c1nc2ccccc2s1. The number of aromatic hydroxyl groups is 1. The summed E-state index contributed by atoms with van der Waals surface area (Å²) in [4.78, 5) is 4.40. The Bertz CT molecular complexity index is 604. The van der Waals surface area contributed by atoms with Gasteiger partial charge in [-0.3, -0.25) is 0 Å². The first kappa shape index (κ1) is 9.23. The monoisotopic (exact) mass is 232 g/mol. The molecule has 0 saturated carbocycles. The minimum Gasteiger partial charge on any atom is -0.504 e. The molecule has 0 aliphatic heterocycles. The molecule has 0 aliphatic rings. The van der Waals surface area contributed by atoms with Crippen LogP contribution in [0.15, 0.2) is 34.9 Å². The van der Waals surface area contributed by atoms with E-state index >= 15 is 0 Å². The highest BCUT2D eigenvalue weighted by Gasteiger charge is 2.16. The highest BCUT2D eigenvalue weighted by molar-refractivity contribution is 7.21. The third-order valence-corrected chi connectivity index (χ3v) is 3.36. The van der Waals surface area contributed by atoms with E-state index in [9.17, 15) is 5.11 Å². The van der Waals surface area contributed by atoms with E-state index in [0.717, 1.165) is 10.2 Å². The fourth-order valence-electron chi connectivity index (χ4n) is 1.56. The van der Waals surface area contributed by atoms with Gasteiger partial charge in [-0.25, -0.2) is 4.98 Å². The summed E-state index contributed by atoms with van der Waals surface area (Å²) in [5, 5.41) is 10.3. The van der Waals surface area contributed by atoms with Crippen LogP contribution in [0.25, 0.3) is 20.8 Å². The average Bonchev–Trinajstić information content (AvgIpc) is 2.82. The summed E-state index contributed by atoms with van der Waals surface area (Å²) < 4.78 is 5.99. The van der Waals surface area contributed by atoms with Crippen molar-refractivity contribution in [2.24, 2.45) is 0 Å². The van der Waals surface area contributed by atoms with Crippen LogP contribution in [0, 0.1) is 0 Å². The Morgan fingerprint density at radius 3 is 2.81 bits per heavy atom. The molecule has 1 aromatic carbocycles. The zero-order chi connectivity index (χ0) is 11.1. The van der Waals surface area contributed by atoms with Crippen LogP contribution in [-0.4, -0.2) is 10.1 Å². The molecule has 0 amide bonds. The summed E-state index contributed by atoms with van der Waals surface area (Å²) in [6.45, 7) is 0. The third-order valence-electron chi connectivity index (χ3n) is 2.31. The molecular weight excluding hydrogens is 224 g/mol. The zero-order valence-corrected chi connectivity index (χ0v) is 8.99. The van der Waals surface area contributed by atoms with Crippen LogP contribution < -0.4 is 5.73 Å². The van der Waals surface area contributed by atoms with E-state index in [0.29, 0.717) is 10.6 Å². The summed E-state index contributed by atoms with van der Waals surface area (Å²) in [5.41, 5.74) is 7.00. The first-order valence-corrected chi connectivity index (χ1v) is 5.49. The topological polar surface area (TPSA) is 72.3 Å². The minimum atomic E-state index is 0.0246. The molecule has 16 heavy (non-hydrogen) atoms. The highest BCUT2D eigenvalue weighted by atomic mass is 32.1. The number of fused-ring (bicyclic) bond motifs is 1. The maximum absolute atomic E-state index is 9.60. The Morgan fingerprint density at radius 2 is 2.12 bits per heavy atom. The van der Waals surface area contributed by atoms with Crippen molar-refractivity contribution >= 4 is 27.4 Å². The molecular formula is C11H8N2O2S. The maximum Gasteiger partial charge on any atom is 0.204 e. The molecule has 0 bridgehead atoms. The number of para-hydroxylation sites is 1. The number of aromatic nitrogens is 1. The molecule has 0 unspecified atom stereocenters. The molecule has 4 nitrogen and oxygen atoms in total. The van der Waals surface area contributed by atoms with Crippen molar-refractivity contribution < 1.29 is 9.52 Å².